The van der Waals surface area contributed by atoms with Gasteiger partial charge in [0.2, 0.25) is 5.91 Å². The van der Waals surface area contributed by atoms with E-state index in [-0.39, 0.29) is 31.5 Å². The van der Waals surface area contributed by atoms with Crippen LogP contribution in [0.1, 0.15) is 24.1 Å². The summed E-state index contributed by atoms with van der Waals surface area (Å²) in [6, 6.07) is 14.7. The Kier molecular flexibility index (Phi) is 6.46. The molecule has 23 heavy (non-hydrogen) atoms. The molecule has 0 bridgehead atoms. The molecular formula is C18H19Cl2NO2. The number of hydrogen-bond acceptors (Lipinski definition) is 2. The first kappa shape index (κ1) is 17.8. The number of benzene rings is 2. The largest absolute Gasteiger partial charge is 0.395 e. The fourth-order valence-electron chi connectivity index (χ4n) is 2.51. The number of amides is 1. The number of aliphatic hydroxyl groups is 1. The molecule has 122 valence electrons. The van der Waals surface area contributed by atoms with Gasteiger partial charge in [0.15, 0.2) is 0 Å². The molecule has 1 atom stereocenters. The van der Waals surface area contributed by atoms with E-state index in [9.17, 15) is 9.90 Å². The highest BCUT2D eigenvalue weighted by molar-refractivity contribution is 6.36. The molecule has 1 amide bonds. The second kappa shape index (κ2) is 8.34. The molecule has 0 saturated heterocycles. The van der Waals surface area contributed by atoms with Gasteiger partial charge < -0.3 is 10.0 Å². The fourth-order valence-corrected chi connectivity index (χ4v) is 3.04. The van der Waals surface area contributed by atoms with Crippen LogP contribution in [0, 0.1) is 0 Å². The number of nitrogens with zero attached hydrogens (tertiary/aromatic N) is 1. The van der Waals surface area contributed by atoms with E-state index in [1.807, 2.05) is 37.3 Å². The Hall–Kier alpha value is -1.55. The number of halogens is 2. The van der Waals surface area contributed by atoms with Crippen molar-refractivity contribution in [2.75, 3.05) is 13.2 Å². The van der Waals surface area contributed by atoms with Crippen molar-refractivity contribution in [1.82, 2.24) is 4.90 Å². The van der Waals surface area contributed by atoms with Gasteiger partial charge in [0.25, 0.3) is 0 Å². The van der Waals surface area contributed by atoms with Gasteiger partial charge in [-0.1, -0.05) is 59.6 Å². The molecule has 2 aromatic rings. The summed E-state index contributed by atoms with van der Waals surface area (Å²) in [5.74, 6) is -0.120. The van der Waals surface area contributed by atoms with Gasteiger partial charge in [0.05, 0.1) is 19.1 Å². The van der Waals surface area contributed by atoms with Gasteiger partial charge in [-0.15, -0.1) is 0 Å². The maximum atomic E-state index is 12.7. The van der Waals surface area contributed by atoms with Gasteiger partial charge >= 0.3 is 0 Å². The second-order valence-electron chi connectivity index (χ2n) is 5.27. The van der Waals surface area contributed by atoms with Crippen molar-refractivity contribution in [2.45, 2.75) is 19.4 Å². The number of carbonyl (C=O) groups is 1. The topological polar surface area (TPSA) is 40.5 Å². The van der Waals surface area contributed by atoms with Crippen molar-refractivity contribution in [3.63, 3.8) is 0 Å². The van der Waals surface area contributed by atoms with Crippen molar-refractivity contribution in [2.24, 2.45) is 0 Å². The van der Waals surface area contributed by atoms with Crippen LogP contribution >= 0.6 is 23.2 Å². The van der Waals surface area contributed by atoms with E-state index in [1.165, 1.54) is 0 Å². The predicted octanol–water partition coefficient (Wildman–Crippen LogP) is 4.12. The van der Waals surface area contributed by atoms with E-state index in [0.717, 1.165) is 5.56 Å². The first-order valence-electron chi connectivity index (χ1n) is 7.42. The quantitative estimate of drug-likeness (QED) is 0.850. The smallest absolute Gasteiger partial charge is 0.227 e. The van der Waals surface area contributed by atoms with Crippen LogP contribution in [0.4, 0.5) is 0 Å². The molecule has 0 aromatic heterocycles. The Bertz CT molecular complexity index is 641. The molecule has 3 nitrogen and oxygen atoms in total. The predicted molar refractivity (Wildman–Crippen MR) is 93.8 cm³/mol. The van der Waals surface area contributed by atoms with Gasteiger partial charge in [0.1, 0.15) is 0 Å². The Morgan fingerprint density at radius 1 is 1.09 bits per heavy atom. The van der Waals surface area contributed by atoms with Crippen molar-refractivity contribution >= 4 is 29.1 Å². The minimum Gasteiger partial charge on any atom is -0.395 e. The Morgan fingerprint density at radius 2 is 1.70 bits per heavy atom. The van der Waals surface area contributed by atoms with Gasteiger partial charge in [0, 0.05) is 16.6 Å². The van der Waals surface area contributed by atoms with Crippen LogP contribution in [-0.4, -0.2) is 29.1 Å². The van der Waals surface area contributed by atoms with Crippen molar-refractivity contribution < 1.29 is 9.90 Å². The molecule has 0 radical (unpaired) electrons. The summed E-state index contributed by atoms with van der Waals surface area (Å²) in [5.41, 5.74) is 1.63. The van der Waals surface area contributed by atoms with E-state index < -0.39 is 0 Å². The summed E-state index contributed by atoms with van der Waals surface area (Å²) >= 11 is 12.3. The van der Waals surface area contributed by atoms with Crippen LogP contribution in [0.5, 0.6) is 0 Å². The Morgan fingerprint density at radius 3 is 2.26 bits per heavy atom. The molecule has 0 aliphatic rings. The lowest BCUT2D eigenvalue weighted by molar-refractivity contribution is -0.133. The highest BCUT2D eigenvalue weighted by Gasteiger charge is 2.22. The Labute approximate surface area is 146 Å². The van der Waals surface area contributed by atoms with E-state index in [2.05, 4.69) is 0 Å². The maximum Gasteiger partial charge on any atom is 0.227 e. The molecule has 0 fully saturated rings. The first-order chi connectivity index (χ1) is 11.0. The normalized spacial score (nSPS) is 12.0. The maximum absolute atomic E-state index is 12.7. The average molecular weight is 352 g/mol. The molecule has 0 aliphatic heterocycles. The van der Waals surface area contributed by atoms with Crippen LogP contribution in [0.25, 0.3) is 0 Å². The zero-order valence-corrected chi connectivity index (χ0v) is 14.4. The lowest BCUT2D eigenvalue weighted by atomic mass is 10.1. The summed E-state index contributed by atoms with van der Waals surface area (Å²) in [4.78, 5) is 14.4. The molecular weight excluding hydrogens is 333 g/mol. The minimum atomic E-state index is -0.142. The van der Waals surface area contributed by atoms with Crippen LogP contribution in [0.3, 0.4) is 0 Å². The van der Waals surface area contributed by atoms with Gasteiger partial charge in [-0.2, -0.15) is 0 Å². The Balaban J connectivity index is 2.22. The van der Waals surface area contributed by atoms with E-state index >= 15 is 0 Å². The first-order valence-corrected chi connectivity index (χ1v) is 8.18. The average Bonchev–Trinajstić information content (AvgIpc) is 2.56. The molecule has 0 spiro atoms. The lowest BCUT2D eigenvalue weighted by Crippen LogP contribution is -2.37. The van der Waals surface area contributed by atoms with Crippen LogP contribution < -0.4 is 0 Å². The van der Waals surface area contributed by atoms with Crippen molar-refractivity contribution in [1.29, 1.82) is 0 Å². The van der Waals surface area contributed by atoms with E-state index in [0.29, 0.717) is 15.6 Å². The summed E-state index contributed by atoms with van der Waals surface area (Å²) in [6.07, 6.45) is 0.107. The number of hydrogen-bond donors (Lipinski definition) is 1. The number of rotatable bonds is 6. The number of aliphatic hydroxyl groups excluding tert-OH is 1. The van der Waals surface area contributed by atoms with Gasteiger partial charge in [-0.3, -0.25) is 4.79 Å². The van der Waals surface area contributed by atoms with Crippen molar-refractivity contribution in [3.05, 3.63) is 69.7 Å². The number of carbonyl (C=O) groups excluding carboxylic acids is 1. The van der Waals surface area contributed by atoms with Crippen LogP contribution in [-0.2, 0) is 11.2 Å². The molecule has 2 aromatic carbocycles. The molecule has 0 aliphatic carbocycles. The standard InChI is InChI=1S/C18H19Cl2NO2/c1-13(14-6-3-2-4-7-14)21(10-11-22)18(23)12-15-16(19)8-5-9-17(15)20/h2-9,13,22H,10-12H2,1H3/t13-/m1/s1. The third kappa shape index (κ3) is 4.47. The summed E-state index contributed by atoms with van der Waals surface area (Å²) in [5, 5.41) is 10.3. The van der Waals surface area contributed by atoms with Gasteiger partial charge in [-0.05, 0) is 30.2 Å². The summed E-state index contributed by atoms with van der Waals surface area (Å²) < 4.78 is 0. The van der Waals surface area contributed by atoms with Crippen LogP contribution in [0.15, 0.2) is 48.5 Å². The van der Waals surface area contributed by atoms with E-state index in [1.54, 1.807) is 23.1 Å². The minimum absolute atomic E-state index is 0.0980. The van der Waals surface area contributed by atoms with Gasteiger partial charge in [-0.25, -0.2) is 0 Å². The SMILES string of the molecule is C[C@H](c1ccccc1)N(CCO)C(=O)Cc1c(Cl)cccc1Cl. The third-order valence-corrected chi connectivity index (χ3v) is 4.51. The summed E-state index contributed by atoms with van der Waals surface area (Å²) in [7, 11) is 0. The summed E-state index contributed by atoms with van der Waals surface area (Å²) in [6.45, 7) is 2.10. The molecule has 1 N–H and O–H groups in total. The monoisotopic (exact) mass is 351 g/mol. The molecule has 0 unspecified atom stereocenters. The zero-order chi connectivity index (χ0) is 16.8. The lowest BCUT2D eigenvalue weighted by Gasteiger charge is -2.29. The van der Waals surface area contributed by atoms with Crippen molar-refractivity contribution in [3.8, 4) is 0 Å². The molecule has 0 heterocycles. The van der Waals surface area contributed by atoms with Crippen LogP contribution in [0.2, 0.25) is 10.0 Å². The second-order valence-corrected chi connectivity index (χ2v) is 6.09. The van der Waals surface area contributed by atoms with E-state index in [4.69, 9.17) is 23.2 Å². The molecule has 0 saturated carbocycles. The highest BCUT2D eigenvalue weighted by atomic mass is 35.5. The fraction of sp³-hybridized carbons (Fsp3) is 0.278. The highest BCUT2D eigenvalue weighted by Crippen LogP contribution is 2.27. The zero-order valence-electron chi connectivity index (χ0n) is 12.9. The molecule has 5 heteroatoms. The molecule has 2 rings (SSSR count). The third-order valence-electron chi connectivity index (χ3n) is 3.80.